The standard InChI is InChI=1S/C12H20B2IN3O6/c13-1-3-16-10(19)22-7-5-18(12(21)24-9-15)6-8-23-11(20)17-4-2-14/h1-9H2,(H,16,19)(H,17,20). The van der Waals surface area contributed by atoms with Gasteiger partial charge < -0.3 is 29.7 Å². The molecule has 0 rings (SSSR count). The molecule has 0 aromatic carbocycles. The van der Waals surface area contributed by atoms with Gasteiger partial charge in [0.2, 0.25) is 0 Å². The minimum absolute atomic E-state index is 0.0356. The molecule has 0 aliphatic carbocycles. The van der Waals surface area contributed by atoms with Gasteiger partial charge in [0.15, 0.2) is 0 Å². The Morgan fingerprint density at radius 1 is 0.875 bits per heavy atom. The van der Waals surface area contributed by atoms with Crippen LogP contribution in [0.3, 0.4) is 0 Å². The van der Waals surface area contributed by atoms with E-state index in [0.29, 0.717) is 25.7 Å². The molecule has 0 aromatic heterocycles. The highest BCUT2D eigenvalue weighted by atomic mass is 127. The van der Waals surface area contributed by atoms with Crippen molar-refractivity contribution >= 4 is 56.6 Å². The number of alkyl halides is 1. The highest BCUT2D eigenvalue weighted by Gasteiger charge is 2.16. The highest BCUT2D eigenvalue weighted by Crippen LogP contribution is 1.98. The summed E-state index contributed by atoms with van der Waals surface area (Å²) in [7, 11) is 10.5. The van der Waals surface area contributed by atoms with Gasteiger partial charge in [-0.05, 0) is 22.6 Å². The van der Waals surface area contributed by atoms with Gasteiger partial charge in [0.1, 0.15) is 17.8 Å². The predicted molar refractivity (Wildman–Crippen MR) is 96.8 cm³/mol. The van der Waals surface area contributed by atoms with Crippen LogP contribution in [0.2, 0.25) is 12.6 Å². The Morgan fingerprint density at radius 2 is 1.33 bits per heavy atom. The molecule has 0 fully saturated rings. The minimum atomic E-state index is -0.625. The van der Waals surface area contributed by atoms with Crippen LogP contribution in [0.4, 0.5) is 14.4 Å². The summed E-state index contributed by atoms with van der Waals surface area (Å²) in [6.07, 6.45) is -1.25. The van der Waals surface area contributed by atoms with Gasteiger partial charge in [-0.3, -0.25) is 0 Å². The lowest BCUT2D eigenvalue weighted by Crippen LogP contribution is -2.39. The maximum atomic E-state index is 11.8. The average Bonchev–Trinajstić information content (AvgIpc) is 2.56. The second-order valence-corrected chi connectivity index (χ2v) is 4.83. The first-order valence-electron chi connectivity index (χ1n) is 7.24. The Balaban J connectivity index is 4.16. The maximum absolute atomic E-state index is 11.8. The third kappa shape index (κ3) is 12.1. The van der Waals surface area contributed by atoms with Gasteiger partial charge in [-0.15, -0.1) is 0 Å². The van der Waals surface area contributed by atoms with E-state index in [9.17, 15) is 14.4 Å². The Hall–Kier alpha value is -1.33. The smallest absolute Gasteiger partial charge is 0.410 e. The zero-order valence-electron chi connectivity index (χ0n) is 13.3. The fraction of sp³-hybridized carbons (Fsp3) is 0.750. The van der Waals surface area contributed by atoms with Crippen LogP contribution in [-0.2, 0) is 14.2 Å². The lowest BCUT2D eigenvalue weighted by atomic mass is 10.1. The molecule has 0 spiro atoms. The van der Waals surface area contributed by atoms with E-state index in [2.05, 4.69) is 10.6 Å². The molecule has 12 heteroatoms. The number of nitrogens with one attached hydrogen (secondary N) is 2. The Labute approximate surface area is 157 Å². The summed E-state index contributed by atoms with van der Waals surface area (Å²) in [6, 6.07) is 0. The molecule has 4 radical (unpaired) electrons. The van der Waals surface area contributed by atoms with Crippen molar-refractivity contribution in [2.24, 2.45) is 0 Å². The summed E-state index contributed by atoms with van der Waals surface area (Å²) in [4.78, 5) is 35.6. The number of ether oxygens (including phenoxy) is 3. The minimum Gasteiger partial charge on any atom is -0.448 e. The largest absolute Gasteiger partial charge is 0.448 e. The number of nitrogens with zero attached hydrogens (tertiary/aromatic N) is 1. The molecule has 0 bridgehead atoms. The first-order valence-corrected chi connectivity index (χ1v) is 8.76. The van der Waals surface area contributed by atoms with Gasteiger partial charge in [0.25, 0.3) is 0 Å². The quantitative estimate of drug-likeness (QED) is 0.205. The van der Waals surface area contributed by atoms with Gasteiger partial charge >= 0.3 is 18.3 Å². The van der Waals surface area contributed by atoms with Crippen molar-refractivity contribution in [3.05, 3.63) is 0 Å². The van der Waals surface area contributed by atoms with Crippen LogP contribution in [0.5, 0.6) is 0 Å². The summed E-state index contributed by atoms with van der Waals surface area (Å²) < 4.78 is 14.8. The summed E-state index contributed by atoms with van der Waals surface area (Å²) in [5, 5.41) is 4.86. The summed E-state index contributed by atoms with van der Waals surface area (Å²) >= 11 is 1.88. The van der Waals surface area contributed by atoms with Crippen molar-refractivity contribution in [3.63, 3.8) is 0 Å². The van der Waals surface area contributed by atoms with Crippen molar-refractivity contribution in [3.8, 4) is 0 Å². The molecule has 9 nitrogen and oxygen atoms in total. The van der Waals surface area contributed by atoms with Gasteiger partial charge in [-0.1, -0.05) is 12.6 Å². The highest BCUT2D eigenvalue weighted by molar-refractivity contribution is 14.1. The lowest BCUT2D eigenvalue weighted by molar-refractivity contribution is 0.0848. The van der Waals surface area contributed by atoms with E-state index in [1.54, 1.807) is 0 Å². The number of amides is 3. The normalized spacial score (nSPS) is 9.71. The molecule has 0 aliphatic rings. The molecule has 0 aromatic rings. The van der Waals surface area contributed by atoms with Crippen LogP contribution in [-0.4, -0.2) is 82.9 Å². The zero-order valence-corrected chi connectivity index (χ0v) is 15.5. The number of hydrogen-bond donors (Lipinski definition) is 2. The van der Waals surface area contributed by atoms with E-state index in [-0.39, 0.29) is 30.9 Å². The monoisotopic (exact) mass is 451 g/mol. The van der Waals surface area contributed by atoms with Gasteiger partial charge in [-0.25, -0.2) is 14.4 Å². The second kappa shape index (κ2) is 15.2. The van der Waals surface area contributed by atoms with E-state index in [1.807, 2.05) is 22.6 Å². The topological polar surface area (TPSA) is 106 Å². The van der Waals surface area contributed by atoms with E-state index in [0.717, 1.165) is 0 Å². The number of hydrogen-bond acceptors (Lipinski definition) is 6. The van der Waals surface area contributed by atoms with E-state index >= 15 is 0 Å². The van der Waals surface area contributed by atoms with Crippen LogP contribution in [0.15, 0.2) is 0 Å². The number of carbonyl (C=O) groups is 3. The molecule has 3 amide bonds. The first kappa shape index (κ1) is 22.7. The van der Waals surface area contributed by atoms with Gasteiger partial charge in [0.05, 0.1) is 28.8 Å². The molecule has 0 heterocycles. The molecule has 0 unspecified atom stereocenters. The van der Waals surface area contributed by atoms with Crippen molar-refractivity contribution in [2.45, 2.75) is 12.6 Å². The van der Waals surface area contributed by atoms with Crippen LogP contribution in [0.1, 0.15) is 0 Å². The third-order valence-electron chi connectivity index (χ3n) is 2.45. The van der Waals surface area contributed by atoms with E-state index in [1.165, 1.54) is 4.90 Å². The Kier molecular flexibility index (Phi) is 14.4. The van der Waals surface area contributed by atoms with E-state index in [4.69, 9.17) is 29.9 Å². The third-order valence-corrected chi connectivity index (χ3v) is 2.76. The van der Waals surface area contributed by atoms with Crippen molar-refractivity contribution in [1.82, 2.24) is 15.5 Å². The molecule has 0 atom stereocenters. The molecule has 132 valence electrons. The summed E-state index contributed by atoms with van der Waals surface area (Å²) in [6.45, 7) is 0.715. The fourth-order valence-corrected chi connectivity index (χ4v) is 1.65. The summed E-state index contributed by atoms with van der Waals surface area (Å²) in [5.41, 5.74) is 0. The molecule has 0 aliphatic heterocycles. The maximum Gasteiger partial charge on any atom is 0.410 e. The number of carbonyl (C=O) groups excluding carboxylic acids is 3. The second-order valence-electron chi connectivity index (χ2n) is 4.21. The van der Waals surface area contributed by atoms with Crippen molar-refractivity contribution in [1.29, 1.82) is 0 Å². The Morgan fingerprint density at radius 3 is 1.71 bits per heavy atom. The van der Waals surface area contributed by atoms with Crippen LogP contribution in [0.25, 0.3) is 0 Å². The molecular formula is C12H20B2IN3O6. The van der Waals surface area contributed by atoms with Crippen molar-refractivity contribution < 1.29 is 28.6 Å². The van der Waals surface area contributed by atoms with Crippen LogP contribution >= 0.6 is 22.6 Å². The van der Waals surface area contributed by atoms with E-state index < -0.39 is 18.3 Å². The van der Waals surface area contributed by atoms with Crippen molar-refractivity contribution in [2.75, 3.05) is 44.0 Å². The molecule has 24 heavy (non-hydrogen) atoms. The molecule has 0 saturated heterocycles. The predicted octanol–water partition coefficient (Wildman–Crippen LogP) is 0.443. The number of rotatable bonds is 11. The number of alkyl carbamates (subject to hydrolysis) is 2. The Bertz CT molecular complexity index is 366. The zero-order chi connectivity index (χ0) is 18.2. The fourth-order valence-electron chi connectivity index (χ4n) is 1.38. The summed E-state index contributed by atoms with van der Waals surface area (Å²) in [5.74, 6) is 0. The lowest BCUT2D eigenvalue weighted by Gasteiger charge is -2.21. The average molecular weight is 451 g/mol. The molecular weight excluding hydrogens is 431 g/mol. The number of halogens is 1. The van der Waals surface area contributed by atoms with Gasteiger partial charge in [0, 0.05) is 13.1 Å². The SMILES string of the molecule is [B]CCNC(=O)OCCN(CCOC(=O)NCC[B])C(=O)OCI. The molecule has 2 N–H and O–H groups in total. The van der Waals surface area contributed by atoms with Crippen LogP contribution in [0, 0.1) is 0 Å². The van der Waals surface area contributed by atoms with Gasteiger partial charge in [-0.2, -0.15) is 0 Å². The van der Waals surface area contributed by atoms with Crippen LogP contribution < -0.4 is 10.6 Å². The first-order chi connectivity index (χ1) is 11.5. The molecule has 0 saturated carbocycles.